The van der Waals surface area contributed by atoms with Crippen LogP contribution in [-0.2, 0) is 19.2 Å². The van der Waals surface area contributed by atoms with E-state index in [0.717, 1.165) is 6.92 Å². The van der Waals surface area contributed by atoms with Crippen LogP contribution in [0.2, 0.25) is 0 Å². The van der Waals surface area contributed by atoms with Crippen molar-refractivity contribution in [2.24, 2.45) is 5.41 Å². The Labute approximate surface area is 99.6 Å². The van der Waals surface area contributed by atoms with E-state index in [1.54, 1.807) is 0 Å². The Balaban J connectivity index is 4.60. The van der Waals surface area contributed by atoms with Gasteiger partial charge in [-0.25, -0.2) is 0 Å². The summed E-state index contributed by atoms with van der Waals surface area (Å²) in [5.74, 6) is -1.00. The van der Waals surface area contributed by atoms with Gasteiger partial charge < -0.3 is 14.4 Å². The number of carbonyl (C=O) groups is 1. The van der Waals surface area contributed by atoms with Gasteiger partial charge in [0.25, 0.3) is 10.2 Å². The van der Waals surface area contributed by atoms with E-state index in [1.807, 2.05) is 0 Å². The second-order valence-electron chi connectivity index (χ2n) is 3.10. The number of alkyl halides is 1. The van der Waals surface area contributed by atoms with Gasteiger partial charge in [0.2, 0.25) is 0 Å². The third kappa shape index (κ3) is 5.70. The van der Waals surface area contributed by atoms with Crippen molar-refractivity contribution in [3.05, 3.63) is 20.2 Å². The fourth-order valence-electron chi connectivity index (χ4n) is 0.774. The normalized spacial score (nSPS) is 10.5. The van der Waals surface area contributed by atoms with E-state index < -0.39 is 40.8 Å². The van der Waals surface area contributed by atoms with Gasteiger partial charge in [0.15, 0.2) is 6.07 Å². The van der Waals surface area contributed by atoms with Gasteiger partial charge in [-0.05, 0) is 6.92 Å². The molecule has 0 unspecified atom stereocenters. The maximum absolute atomic E-state index is 11.4. The summed E-state index contributed by atoms with van der Waals surface area (Å²) in [5, 5.41) is 17.7. The van der Waals surface area contributed by atoms with Crippen LogP contribution in [0.15, 0.2) is 0 Å². The lowest BCUT2D eigenvalue weighted by Crippen LogP contribution is -2.40. The molecule has 17 heavy (non-hydrogen) atoms. The van der Waals surface area contributed by atoms with E-state index in [0.29, 0.717) is 0 Å². The lowest BCUT2D eigenvalue weighted by atomic mass is 9.93. The Kier molecular flexibility index (Phi) is 5.96. The minimum atomic E-state index is -1.70. The molecule has 0 aromatic heterocycles. The molecule has 10 nitrogen and oxygen atoms in total. The Hall–Kier alpha value is -1.84. The molecule has 0 aromatic carbocycles. The smallest absolute Gasteiger partial charge is 0.316 e. The van der Waals surface area contributed by atoms with E-state index in [9.17, 15) is 25.0 Å². The highest BCUT2D eigenvalue weighted by molar-refractivity contribution is 6.17. The molecule has 98 valence electrons. The standard InChI is InChI=1S/C6H9ClN2O8/c1-6(2-16-8(11)12,3-17-9(13)14)5(10)15-4-7/h2-4H2,1H3. The minimum absolute atomic E-state index is 0.495. The monoisotopic (exact) mass is 272 g/mol. The second kappa shape index (κ2) is 6.68. The zero-order chi connectivity index (χ0) is 13.5. The van der Waals surface area contributed by atoms with Gasteiger partial charge in [-0.1, -0.05) is 11.6 Å². The molecule has 0 atom stereocenters. The first-order chi connectivity index (χ1) is 7.81. The van der Waals surface area contributed by atoms with E-state index in [1.165, 1.54) is 0 Å². The van der Waals surface area contributed by atoms with Crippen LogP contribution < -0.4 is 0 Å². The molecule has 0 aliphatic rings. The molecule has 11 heteroatoms. The lowest BCUT2D eigenvalue weighted by molar-refractivity contribution is -0.770. The van der Waals surface area contributed by atoms with Crippen LogP contribution in [0, 0.1) is 25.6 Å². The van der Waals surface area contributed by atoms with Crippen molar-refractivity contribution in [2.45, 2.75) is 6.92 Å². The van der Waals surface area contributed by atoms with E-state index in [4.69, 9.17) is 11.6 Å². The summed E-state index contributed by atoms with van der Waals surface area (Å²) in [6.45, 7) is -0.345. The van der Waals surface area contributed by atoms with Crippen LogP contribution in [0.3, 0.4) is 0 Å². The molecule has 0 radical (unpaired) electrons. The van der Waals surface area contributed by atoms with Gasteiger partial charge in [-0.2, -0.15) is 0 Å². The highest BCUT2D eigenvalue weighted by atomic mass is 35.5. The molecule has 0 amide bonds. The number of halogens is 1. The van der Waals surface area contributed by atoms with Crippen LogP contribution in [0.25, 0.3) is 0 Å². The molecule has 0 N–H and O–H groups in total. The van der Waals surface area contributed by atoms with Crippen molar-refractivity contribution in [3.8, 4) is 0 Å². The van der Waals surface area contributed by atoms with Crippen molar-refractivity contribution in [3.63, 3.8) is 0 Å². The van der Waals surface area contributed by atoms with Crippen LogP contribution >= 0.6 is 11.6 Å². The summed E-state index contributed by atoms with van der Waals surface area (Å²) < 4.78 is 4.39. The third-order valence-corrected chi connectivity index (χ3v) is 1.76. The largest absolute Gasteiger partial charge is 0.449 e. The summed E-state index contributed by atoms with van der Waals surface area (Å²) in [6, 6.07) is -0.495. The molecule has 0 aliphatic carbocycles. The van der Waals surface area contributed by atoms with Crippen molar-refractivity contribution in [2.75, 3.05) is 19.3 Å². The summed E-state index contributed by atoms with van der Waals surface area (Å²) in [6.07, 6.45) is 0. The molecule has 0 saturated carbocycles. The first-order valence-corrected chi connectivity index (χ1v) is 4.63. The van der Waals surface area contributed by atoms with Crippen molar-refractivity contribution in [1.82, 2.24) is 0 Å². The average molecular weight is 273 g/mol. The Morgan fingerprint density at radius 2 is 1.65 bits per heavy atom. The maximum atomic E-state index is 11.4. The Bertz CT molecular complexity index is 290. The van der Waals surface area contributed by atoms with Gasteiger partial charge in [-0.3, -0.25) is 4.79 Å². The summed E-state index contributed by atoms with van der Waals surface area (Å²) >= 11 is 5.14. The van der Waals surface area contributed by atoms with Gasteiger partial charge in [-0.15, -0.1) is 20.2 Å². The van der Waals surface area contributed by atoms with Gasteiger partial charge in [0.1, 0.15) is 18.6 Å². The molecule has 0 aliphatic heterocycles. The first kappa shape index (κ1) is 15.2. The van der Waals surface area contributed by atoms with E-state index in [2.05, 4.69) is 14.4 Å². The fourth-order valence-corrected chi connectivity index (χ4v) is 0.873. The predicted molar refractivity (Wildman–Crippen MR) is 50.8 cm³/mol. The van der Waals surface area contributed by atoms with Crippen LogP contribution in [0.1, 0.15) is 6.92 Å². The molecule has 0 fully saturated rings. The van der Waals surface area contributed by atoms with Crippen molar-refractivity contribution < 1.29 is 29.4 Å². The maximum Gasteiger partial charge on any atom is 0.316 e. The van der Waals surface area contributed by atoms with Crippen molar-refractivity contribution >= 4 is 17.6 Å². The number of hydrogen-bond acceptors (Lipinski definition) is 8. The number of rotatable bonds is 8. The second-order valence-corrected chi connectivity index (χ2v) is 3.31. The molecule has 0 saturated heterocycles. The number of esters is 1. The Morgan fingerprint density at radius 1 is 1.24 bits per heavy atom. The molecule has 0 heterocycles. The number of hydrogen-bond donors (Lipinski definition) is 0. The highest BCUT2D eigenvalue weighted by Crippen LogP contribution is 2.20. The van der Waals surface area contributed by atoms with Gasteiger partial charge in [0.05, 0.1) is 0 Å². The molecular formula is C6H9ClN2O8. The number of carbonyl (C=O) groups excluding carboxylic acids is 1. The molecule has 0 aromatic rings. The molecule has 0 spiro atoms. The Morgan fingerprint density at radius 3 is 1.94 bits per heavy atom. The van der Waals surface area contributed by atoms with E-state index in [-0.39, 0.29) is 0 Å². The third-order valence-electron chi connectivity index (χ3n) is 1.66. The average Bonchev–Trinajstić information content (AvgIpc) is 2.24. The lowest BCUT2D eigenvalue weighted by Gasteiger charge is -2.23. The topological polar surface area (TPSA) is 131 Å². The molecule has 0 bridgehead atoms. The minimum Gasteiger partial charge on any atom is -0.449 e. The highest BCUT2D eigenvalue weighted by Gasteiger charge is 2.38. The SMILES string of the molecule is CC(CO[N+](=O)[O-])(CO[N+](=O)[O-])C(=O)OCCl. The van der Waals surface area contributed by atoms with Gasteiger partial charge in [0, 0.05) is 0 Å². The summed E-state index contributed by atoms with van der Waals surface area (Å²) in [5.41, 5.74) is -1.70. The van der Waals surface area contributed by atoms with Crippen molar-refractivity contribution in [1.29, 1.82) is 0 Å². The number of ether oxygens (including phenoxy) is 1. The van der Waals surface area contributed by atoms with Crippen LogP contribution in [0.4, 0.5) is 0 Å². The zero-order valence-electron chi connectivity index (χ0n) is 8.66. The fraction of sp³-hybridized carbons (Fsp3) is 0.833. The summed E-state index contributed by atoms with van der Waals surface area (Å²) in [4.78, 5) is 39.3. The number of nitrogens with zero attached hydrogens (tertiary/aromatic N) is 2. The van der Waals surface area contributed by atoms with Crippen LogP contribution in [-0.4, -0.2) is 35.4 Å². The van der Waals surface area contributed by atoms with Crippen LogP contribution in [0.5, 0.6) is 0 Å². The quantitative estimate of drug-likeness (QED) is 0.264. The first-order valence-electron chi connectivity index (χ1n) is 4.09. The molecular weight excluding hydrogens is 264 g/mol. The predicted octanol–water partition coefficient (Wildman–Crippen LogP) is 0.149. The molecule has 0 rings (SSSR count). The summed E-state index contributed by atoms with van der Waals surface area (Å²) in [7, 11) is 0. The van der Waals surface area contributed by atoms with Gasteiger partial charge >= 0.3 is 5.97 Å². The zero-order valence-corrected chi connectivity index (χ0v) is 9.42. The van der Waals surface area contributed by atoms with E-state index >= 15 is 0 Å².